The third-order valence-electron chi connectivity index (χ3n) is 1.13. The summed E-state index contributed by atoms with van der Waals surface area (Å²) in [7, 11) is 0. The fourth-order valence-electron chi connectivity index (χ4n) is 0.405. The molecular weight excluding hydrogens is 86.1 g/mol. The van der Waals surface area contributed by atoms with Crippen LogP contribution in [0.2, 0.25) is 0 Å². The third kappa shape index (κ3) is 2.38. The second-order valence-corrected chi connectivity index (χ2v) is 1.62. The van der Waals surface area contributed by atoms with Crippen LogP contribution in [0.15, 0.2) is 0 Å². The molecule has 0 aliphatic heterocycles. The molecular formula is C6H12N. The van der Waals surface area contributed by atoms with Crippen LogP contribution in [0.3, 0.4) is 0 Å². The Bertz CT molecular complexity index is 46.1. The Morgan fingerprint density at radius 1 is 1.86 bits per heavy atom. The maximum Gasteiger partial charge on any atom is -0.00168 e. The summed E-state index contributed by atoms with van der Waals surface area (Å²) in [5.41, 5.74) is 0. The van der Waals surface area contributed by atoms with Crippen LogP contribution in [0.5, 0.6) is 0 Å². The zero-order valence-electron chi connectivity index (χ0n) is 4.78. The number of hydrogen-bond donors (Lipinski definition) is 1. The van der Waals surface area contributed by atoms with Gasteiger partial charge in [-0.15, -0.1) is 0 Å². The molecule has 0 saturated carbocycles. The maximum absolute atomic E-state index is 6.79. The van der Waals surface area contributed by atoms with Gasteiger partial charge in [-0.3, -0.25) is 0 Å². The summed E-state index contributed by atoms with van der Waals surface area (Å²) in [6.45, 7) is 5.75. The summed E-state index contributed by atoms with van der Waals surface area (Å²) in [6, 6.07) is 0. The molecule has 1 radical (unpaired) electrons. The number of hydrogen-bond acceptors (Lipinski definition) is 1. The van der Waals surface area contributed by atoms with Gasteiger partial charge in [-0.2, -0.15) is 0 Å². The SMILES string of the molecule is [CH2]CC(C=N)CC. The maximum atomic E-state index is 6.79. The first kappa shape index (κ1) is 6.67. The highest BCUT2D eigenvalue weighted by Gasteiger charge is 1.93. The highest BCUT2D eigenvalue weighted by Crippen LogP contribution is 2.00. The van der Waals surface area contributed by atoms with Crippen LogP contribution in [0.4, 0.5) is 0 Å². The standard InChI is InChI=1S/C6H12N/c1-3-6(4-2)5-7/h5-7H,1,3-4H2,2H3. The summed E-state index contributed by atoms with van der Waals surface area (Å²) in [4.78, 5) is 0. The molecule has 0 rings (SSSR count). The Balaban J connectivity index is 3.16. The van der Waals surface area contributed by atoms with Crippen molar-refractivity contribution in [1.82, 2.24) is 0 Å². The molecule has 0 amide bonds. The van der Waals surface area contributed by atoms with Gasteiger partial charge in [0.2, 0.25) is 0 Å². The fourth-order valence-corrected chi connectivity index (χ4v) is 0.405. The van der Waals surface area contributed by atoms with E-state index in [4.69, 9.17) is 5.41 Å². The minimum absolute atomic E-state index is 0.417. The molecule has 0 fully saturated rings. The molecule has 0 aliphatic carbocycles. The van der Waals surface area contributed by atoms with Gasteiger partial charge in [0.15, 0.2) is 0 Å². The van der Waals surface area contributed by atoms with E-state index < -0.39 is 0 Å². The van der Waals surface area contributed by atoms with E-state index >= 15 is 0 Å². The molecule has 0 spiro atoms. The molecule has 0 heterocycles. The second-order valence-electron chi connectivity index (χ2n) is 1.62. The van der Waals surface area contributed by atoms with E-state index in [0.717, 1.165) is 12.8 Å². The number of nitrogens with one attached hydrogen (secondary N) is 1. The highest BCUT2D eigenvalue weighted by molar-refractivity contribution is 5.56. The largest absolute Gasteiger partial charge is 0.313 e. The first-order valence-corrected chi connectivity index (χ1v) is 2.65. The van der Waals surface area contributed by atoms with Gasteiger partial charge >= 0.3 is 0 Å². The van der Waals surface area contributed by atoms with Crippen molar-refractivity contribution in [3.8, 4) is 0 Å². The molecule has 41 valence electrons. The van der Waals surface area contributed by atoms with Crippen LogP contribution in [0.25, 0.3) is 0 Å². The minimum atomic E-state index is 0.417. The van der Waals surface area contributed by atoms with Crippen molar-refractivity contribution < 1.29 is 0 Å². The highest BCUT2D eigenvalue weighted by atomic mass is 14.3. The molecule has 0 aromatic heterocycles. The Kier molecular flexibility index (Phi) is 3.67. The molecule has 0 bridgehead atoms. The molecule has 0 saturated heterocycles. The van der Waals surface area contributed by atoms with E-state index in [-0.39, 0.29) is 0 Å². The van der Waals surface area contributed by atoms with Crippen molar-refractivity contribution in [2.75, 3.05) is 0 Å². The lowest BCUT2D eigenvalue weighted by Crippen LogP contribution is -1.95. The van der Waals surface area contributed by atoms with Crippen LogP contribution in [-0.4, -0.2) is 6.21 Å². The Morgan fingerprint density at radius 2 is 2.43 bits per heavy atom. The predicted molar refractivity (Wildman–Crippen MR) is 32.5 cm³/mol. The van der Waals surface area contributed by atoms with Gasteiger partial charge in [0, 0.05) is 0 Å². The van der Waals surface area contributed by atoms with E-state index in [2.05, 4.69) is 13.8 Å². The van der Waals surface area contributed by atoms with Gasteiger partial charge < -0.3 is 5.41 Å². The molecule has 0 aromatic rings. The lowest BCUT2D eigenvalue weighted by molar-refractivity contribution is 0.686. The van der Waals surface area contributed by atoms with Crippen molar-refractivity contribution in [2.24, 2.45) is 5.92 Å². The molecule has 0 aliphatic rings. The lowest BCUT2D eigenvalue weighted by Gasteiger charge is -1.99. The first-order chi connectivity index (χ1) is 3.35. The Morgan fingerprint density at radius 3 is 2.43 bits per heavy atom. The van der Waals surface area contributed by atoms with Crippen molar-refractivity contribution >= 4 is 6.21 Å². The average molecular weight is 98.2 g/mol. The van der Waals surface area contributed by atoms with Crippen LogP contribution >= 0.6 is 0 Å². The van der Waals surface area contributed by atoms with Crippen molar-refractivity contribution in [3.63, 3.8) is 0 Å². The van der Waals surface area contributed by atoms with Crippen molar-refractivity contribution in [1.29, 1.82) is 5.41 Å². The van der Waals surface area contributed by atoms with Crippen LogP contribution in [-0.2, 0) is 0 Å². The molecule has 1 atom stereocenters. The van der Waals surface area contributed by atoms with Crippen LogP contribution in [0, 0.1) is 18.3 Å². The smallest absolute Gasteiger partial charge is 0.00168 e. The van der Waals surface area contributed by atoms with E-state index in [1.165, 1.54) is 6.21 Å². The normalized spacial score (nSPS) is 9.57. The number of rotatable bonds is 3. The van der Waals surface area contributed by atoms with Gasteiger partial charge in [-0.1, -0.05) is 13.8 Å². The molecule has 7 heavy (non-hydrogen) atoms. The van der Waals surface area contributed by atoms with Gasteiger partial charge in [0.25, 0.3) is 0 Å². The molecule has 1 heteroatoms. The summed E-state index contributed by atoms with van der Waals surface area (Å²) >= 11 is 0. The monoisotopic (exact) mass is 98.1 g/mol. The summed E-state index contributed by atoms with van der Waals surface area (Å²) < 4.78 is 0. The zero-order valence-corrected chi connectivity index (χ0v) is 4.78. The van der Waals surface area contributed by atoms with Gasteiger partial charge in [-0.05, 0) is 25.0 Å². The second kappa shape index (κ2) is 3.85. The lowest BCUT2D eigenvalue weighted by atomic mass is 10.1. The third-order valence-corrected chi connectivity index (χ3v) is 1.13. The minimum Gasteiger partial charge on any atom is -0.313 e. The predicted octanol–water partition coefficient (Wildman–Crippen LogP) is 1.89. The topological polar surface area (TPSA) is 23.9 Å². The van der Waals surface area contributed by atoms with Crippen LogP contribution in [0.1, 0.15) is 19.8 Å². The van der Waals surface area contributed by atoms with Gasteiger partial charge in [0.1, 0.15) is 0 Å². The van der Waals surface area contributed by atoms with Crippen molar-refractivity contribution in [3.05, 3.63) is 6.92 Å². The summed E-state index contributed by atoms with van der Waals surface area (Å²) in [5, 5.41) is 6.79. The Hall–Kier alpha value is -0.330. The van der Waals surface area contributed by atoms with Crippen LogP contribution < -0.4 is 0 Å². The zero-order chi connectivity index (χ0) is 5.70. The molecule has 1 nitrogen and oxygen atoms in total. The Labute approximate surface area is 45.2 Å². The summed E-state index contributed by atoms with van der Waals surface area (Å²) in [6.07, 6.45) is 3.38. The average Bonchev–Trinajstić information content (AvgIpc) is 1.72. The van der Waals surface area contributed by atoms with E-state index in [1.807, 2.05) is 0 Å². The quantitative estimate of drug-likeness (QED) is 0.521. The molecule has 1 N–H and O–H groups in total. The first-order valence-electron chi connectivity index (χ1n) is 2.65. The fraction of sp³-hybridized carbons (Fsp3) is 0.667. The van der Waals surface area contributed by atoms with E-state index in [0.29, 0.717) is 5.92 Å². The molecule has 0 aromatic carbocycles. The van der Waals surface area contributed by atoms with E-state index in [9.17, 15) is 0 Å². The van der Waals surface area contributed by atoms with Gasteiger partial charge in [0.05, 0.1) is 0 Å². The van der Waals surface area contributed by atoms with E-state index in [1.54, 1.807) is 0 Å². The van der Waals surface area contributed by atoms with Crippen molar-refractivity contribution in [2.45, 2.75) is 19.8 Å². The summed E-state index contributed by atoms with van der Waals surface area (Å²) in [5.74, 6) is 0.417. The van der Waals surface area contributed by atoms with Gasteiger partial charge in [-0.25, -0.2) is 0 Å². The molecule has 1 unspecified atom stereocenters.